The van der Waals surface area contributed by atoms with Gasteiger partial charge < -0.3 is 9.64 Å². The summed E-state index contributed by atoms with van der Waals surface area (Å²) in [7, 11) is 1.72. The number of anilines is 1. The molecule has 1 unspecified atom stereocenters. The average Bonchev–Trinajstić information content (AvgIpc) is 2.84. The third kappa shape index (κ3) is 4.44. The van der Waals surface area contributed by atoms with Crippen molar-refractivity contribution >= 4 is 5.82 Å². The first kappa shape index (κ1) is 20.3. The zero-order valence-electron chi connectivity index (χ0n) is 18.0. The number of pyridine rings is 1. The third-order valence-corrected chi connectivity index (χ3v) is 5.78. The van der Waals surface area contributed by atoms with Crippen LogP contribution in [0.2, 0.25) is 0 Å². The summed E-state index contributed by atoms with van der Waals surface area (Å²) in [5.41, 5.74) is 3.16. The van der Waals surface area contributed by atoms with Gasteiger partial charge in [0.1, 0.15) is 17.3 Å². The van der Waals surface area contributed by atoms with E-state index in [1.165, 1.54) is 5.56 Å². The standard InChI is InChI=1S/C24H29N5O/c1-4-20-17-23(27-24(26-20)22-10-5-6-11-25-22)29-14-12-28(13-15-29)18(2)19-8-7-9-21(16-19)30-3/h5-11,16-18H,4,12-15H2,1-3H3. The van der Waals surface area contributed by atoms with Gasteiger partial charge in [-0.2, -0.15) is 0 Å². The number of piperazine rings is 1. The van der Waals surface area contributed by atoms with Crippen LogP contribution in [0.5, 0.6) is 5.75 Å². The first-order valence-electron chi connectivity index (χ1n) is 10.6. The summed E-state index contributed by atoms with van der Waals surface area (Å²) in [5.74, 6) is 2.61. The van der Waals surface area contributed by atoms with Crippen LogP contribution in [-0.4, -0.2) is 53.1 Å². The molecule has 156 valence electrons. The molecule has 1 atom stereocenters. The van der Waals surface area contributed by atoms with E-state index in [9.17, 15) is 0 Å². The molecule has 0 N–H and O–H groups in total. The Kier molecular flexibility index (Phi) is 6.23. The van der Waals surface area contributed by atoms with Crippen molar-refractivity contribution in [1.82, 2.24) is 19.9 Å². The van der Waals surface area contributed by atoms with Gasteiger partial charge in [-0.25, -0.2) is 9.97 Å². The van der Waals surface area contributed by atoms with Gasteiger partial charge in [0.15, 0.2) is 5.82 Å². The Labute approximate surface area is 178 Å². The summed E-state index contributed by atoms with van der Waals surface area (Å²) in [6, 6.07) is 16.7. The summed E-state index contributed by atoms with van der Waals surface area (Å²) in [4.78, 5) is 18.9. The number of nitrogens with zero attached hydrogens (tertiary/aromatic N) is 5. The Balaban J connectivity index is 1.48. The molecule has 1 fully saturated rings. The maximum Gasteiger partial charge on any atom is 0.180 e. The lowest BCUT2D eigenvalue weighted by Gasteiger charge is -2.39. The van der Waals surface area contributed by atoms with Gasteiger partial charge >= 0.3 is 0 Å². The lowest BCUT2D eigenvalue weighted by molar-refractivity contribution is 0.198. The van der Waals surface area contributed by atoms with E-state index < -0.39 is 0 Å². The highest BCUT2D eigenvalue weighted by atomic mass is 16.5. The molecule has 0 saturated carbocycles. The van der Waals surface area contributed by atoms with Gasteiger partial charge in [-0.15, -0.1) is 0 Å². The molecule has 1 aliphatic heterocycles. The fraction of sp³-hybridized carbons (Fsp3) is 0.375. The van der Waals surface area contributed by atoms with Crippen LogP contribution in [0.1, 0.15) is 31.1 Å². The van der Waals surface area contributed by atoms with Crippen molar-refractivity contribution in [2.24, 2.45) is 0 Å². The molecule has 3 aromatic rings. The lowest BCUT2D eigenvalue weighted by atomic mass is 10.1. The van der Waals surface area contributed by atoms with Crippen molar-refractivity contribution in [1.29, 1.82) is 0 Å². The Hall–Kier alpha value is -2.99. The van der Waals surface area contributed by atoms with Gasteiger partial charge in [0.05, 0.1) is 7.11 Å². The summed E-state index contributed by atoms with van der Waals surface area (Å²) >= 11 is 0. The summed E-state index contributed by atoms with van der Waals surface area (Å²) < 4.78 is 5.39. The summed E-state index contributed by atoms with van der Waals surface area (Å²) in [6.07, 6.45) is 2.66. The second kappa shape index (κ2) is 9.22. The van der Waals surface area contributed by atoms with Gasteiger partial charge in [-0.3, -0.25) is 9.88 Å². The largest absolute Gasteiger partial charge is 0.497 e. The molecule has 2 aromatic heterocycles. The molecule has 1 saturated heterocycles. The van der Waals surface area contributed by atoms with Crippen molar-refractivity contribution in [3.8, 4) is 17.3 Å². The maximum atomic E-state index is 5.39. The van der Waals surface area contributed by atoms with Crippen LogP contribution < -0.4 is 9.64 Å². The second-order valence-electron chi connectivity index (χ2n) is 7.59. The molecule has 0 bridgehead atoms. The van der Waals surface area contributed by atoms with E-state index in [0.717, 1.165) is 55.6 Å². The van der Waals surface area contributed by atoms with Crippen LogP contribution in [-0.2, 0) is 6.42 Å². The molecule has 6 heteroatoms. The Morgan fingerprint density at radius 3 is 2.53 bits per heavy atom. The zero-order valence-corrected chi connectivity index (χ0v) is 18.0. The van der Waals surface area contributed by atoms with Crippen LogP contribution >= 0.6 is 0 Å². The monoisotopic (exact) mass is 403 g/mol. The second-order valence-corrected chi connectivity index (χ2v) is 7.59. The van der Waals surface area contributed by atoms with E-state index in [-0.39, 0.29) is 0 Å². The molecule has 6 nitrogen and oxygen atoms in total. The molecule has 0 radical (unpaired) electrons. The van der Waals surface area contributed by atoms with E-state index in [1.54, 1.807) is 13.3 Å². The van der Waals surface area contributed by atoms with Crippen molar-refractivity contribution < 1.29 is 4.74 Å². The fourth-order valence-corrected chi connectivity index (χ4v) is 3.89. The molecule has 3 heterocycles. The minimum absolute atomic E-state index is 0.350. The minimum Gasteiger partial charge on any atom is -0.497 e. The topological polar surface area (TPSA) is 54.4 Å². The third-order valence-electron chi connectivity index (χ3n) is 5.78. The normalized spacial score (nSPS) is 15.8. The Morgan fingerprint density at radius 1 is 1.00 bits per heavy atom. The van der Waals surface area contributed by atoms with Crippen molar-refractivity contribution in [3.63, 3.8) is 0 Å². The summed E-state index contributed by atoms with van der Waals surface area (Å²) in [6.45, 7) is 8.25. The molecule has 0 aliphatic carbocycles. The van der Waals surface area contributed by atoms with Crippen LogP contribution in [0, 0.1) is 0 Å². The highest BCUT2D eigenvalue weighted by molar-refractivity contribution is 5.54. The predicted molar refractivity (Wildman–Crippen MR) is 120 cm³/mol. The van der Waals surface area contributed by atoms with Crippen LogP contribution in [0.3, 0.4) is 0 Å². The number of benzene rings is 1. The Bertz CT molecular complexity index is 970. The molecule has 1 aromatic carbocycles. The molecule has 0 amide bonds. The number of aryl methyl sites for hydroxylation is 1. The van der Waals surface area contributed by atoms with Crippen molar-refractivity contribution in [2.75, 3.05) is 38.2 Å². The molecular weight excluding hydrogens is 374 g/mol. The van der Waals surface area contributed by atoms with Gasteiger partial charge in [-0.1, -0.05) is 25.1 Å². The van der Waals surface area contributed by atoms with E-state index in [4.69, 9.17) is 14.7 Å². The van der Waals surface area contributed by atoms with Gasteiger partial charge in [-0.05, 0) is 43.2 Å². The van der Waals surface area contributed by atoms with Crippen molar-refractivity contribution in [3.05, 3.63) is 66.0 Å². The average molecular weight is 404 g/mol. The number of aromatic nitrogens is 3. The van der Waals surface area contributed by atoms with E-state index >= 15 is 0 Å². The molecule has 1 aliphatic rings. The Morgan fingerprint density at radius 2 is 1.83 bits per heavy atom. The maximum absolute atomic E-state index is 5.39. The van der Waals surface area contributed by atoms with Crippen LogP contribution in [0.25, 0.3) is 11.5 Å². The number of ether oxygens (including phenoxy) is 1. The fourth-order valence-electron chi connectivity index (χ4n) is 3.89. The zero-order chi connectivity index (χ0) is 20.9. The predicted octanol–water partition coefficient (Wildman–Crippen LogP) is 3.99. The minimum atomic E-state index is 0.350. The van der Waals surface area contributed by atoms with Crippen LogP contribution in [0.15, 0.2) is 54.7 Å². The number of hydrogen-bond donors (Lipinski definition) is 0. The number of hydrogen-bond acceptors (Lipinski definition) is 6. The van der Waals surface area contributed by atoms with E-state index in [0.29, 0.717) is 11.9 Å². The van der Waals surface area contributed by atoms with Crippen LogP contribution in [0.4, 0.5) is 5.82 Å². The molecule has 30 heavy (non-hydrogen) atoms. The van der Waals surface area contributed by atoms with E-state index in [2.05, 4.69) is 52.9 Å². The highest BCUT2D eigenvalue weighted by Gasteiger charge is 2.24. The lowest BCUT2D eigenvalue weighted by Crippen LogP contribution is -2.47. The SMILES string of the molecule is CCc1cc(N2CCN(C(C)c3cccc(OC)c3)CC2)nc(-c2ccccn2)n1. The molecular formula is C24H29N5O. The number of methoxy groups -OCH3 is 1. The van der Waals surface area contributed by atoms with Gasteiger partial charge in [0.25, 0.3) is 0 Å². The highest BCUT2D eigenvalue weighted by Crippen LogP contribution is 2.26. The quantitative estimate of drug-likeness (QED) is 0.620. The van der Waals surface area contributed by atoms with Crippen molar-refractivity contribution in [2.45, 2.75) is 26.3 Å². The molecule has 4 rings (SSSR count). The van der Waals surface area contributed by atoms with Gasteiger partial charge in [0, 0.05) is 50.2 Å². The first-order valence-corrected chi connectivity index (χ1v) is 10.6. The smallest absolute Gasteiger partial charge is 0.180 e. The number of rotatable bonds is 6. The molecule has 0 spiro atoms. The van der Waals surface area contributed by atoms with Gasteiger partial charge in [0.2, 0.25) is 0 Å². The summed E-state index contributed by atoms with van der Waals surface area (Å²) in [5, 5.41) is 0. The first-order chi connectivity index (χ1) is 14.7. The van der Waals surface area contributed by atoms with E-state index in [1.807, 2.05) is 24.3 Å².